The Morgan fingerprint density at radius 1 is 1.44 bits per heavy atom. The third kappa shape index (κ3) is 2.88. The van der Waals surface area contributed by atoms with E-state index in [9.17, 15) is 13.6 Å². The van der Waals surface area contributed by atoms with Gasteiger partial charge in [-0.1, -0.05) is 0 Å². The molecule has 0 radical (unpaired) electrons. The van der Waals surface area contributed by atoms with E-state index in [0.29, 0.717) is 4.47 Å². The number of halogens is 1. The molecule has 0 bridgehead atoms. The molecule has 1 aromatic rings. The Hall–Kier alpha value is -0.752. The number of phenolic OH excluding ortho intramolecular Hbond substituents is 1. The molecule has 1 aromatic carbocycles. The molecule has 16 heavy (non-hydrogen) atoms. The first-order chi connectivity index (χ1) is 7.23. The molecule has 0 aliphatic heterocycles. The van der Waals surface area contributed by atoms with Crippen LogP contribution in [0.1, 0.15) is 6.92 Å². The second-order valence-electron chi connectivity index (χ2n) is 3.02. The molecule has 0 unspecified atom stereocenters. The fourth-order valence-electron chi connectivity index (χ4n) is 1.09. The molecule has 0 atom stereocenters. The second kappa shape index (κ2) is 4.63. The first-order valence-corrected chi connectivity index (χ1v) is 8.26. The Balaban J connectivity index is 3.38. The van der Waals surface area contributed by atoms with Gasteiger partial charge in [-0.3, -0.25) is 0 Å². The Kier molecular flexibility index (Phi) is 3.85. The fourth-order valence-corrected chi connectivity index (χ4v) is 2.88. The number of anilines is 1. The summed E-state index contributed by atoms with van der Waals surface area (Å²) in [6.07, 6.45) is 0. The summed E-state index contributed by atoms with van der Waals surface area (Å²) in [5, 5.41) is 11.9. The molecule has 88 valence electrons. The molecule has 0 aliphatic carbocycles. The number of hydrogen-bond donors (Lipinski definition) is 4. The molecule has 0 heterocycles. The van der Waals surface area contributed by atoms with E-state index in [4.69, 9.17) is 8.19 Å². The molecule has 4 N–H and O–H groups in total. The second-order valence-corrected chi connectivity index (χ2v) is 7.16. The van der Waals surface area contributed by atoms with Crippen molar-refractivity contribution in [2.24, 2.45) is 0 Å². The van der Waals surface area contributed by atoms with E-state index in [1.54, 1.807) is 0 Å². The van der Waals surface area contributed by atoms with Gasteiger partial charge in [-0.2, -0.15) is 0 Å². The van der Waals surface area contributed by atoms with Crippen molar-refractivity contribution in [1.82, 2.24) is 0 Å². The molecule has 0 saturated heterocycles. The van der Waals surface area contributed by atoms with Gasteiger partial charge in [-0.15, -0.1) is 0 Å². The summed E-state index contributed by atoms with van der Waals surface area (Å²) in [7, 11) is 0. The SMILES string of the molecule is CC(=O)Nc1c(Br)ccc([As](=O)(O)O)c1O. The summed E-state index contributed by atoms with van der Waals surface area (Å²) in [6, 6.07) is 2.46. The molecule has 0 aliphatic rings. The third-order valence-electron chi connectivity index (χ3n) is 1.72. The van der Waals surface area contributed by atoms with Crippen molar-refractivity contribution in [2.75, 3.05) is 5.32 Å². The molecule has 0 spiro atoms. The number of nitrogens with one attached hydrogen (secondary N) is 1. The quantitative estimate of drug-likeness (QED) is 0.430. The van der Waals surface area contributed by atoms with Gasteiger partial charge in [0.15, 0.2) is 0 Å². The standard InChI is InChI=1S/C8H9AsBrNO5/c1-4(12)11-7-6(10)3-2-5(8(7)13)9(14,15)16/h2-3,13H,1H3,(H,11,12)(H2,14,15,16). The predicted octanol–water partition coefficient (Wildman–Crippen LogP) is -0.326. The van der Waals surface area contributed by atoms with Crippen LogP contribution in [0.15, 0.2) is 16.6 Å². The van der Waals surface area contributed by atoms with Crippen molar-refractivity contribution in [2.45, 2.75) is 6.92 Å². The molecule has 0 aromatic heterocycles. The van der Waals surface area contributed by atoms with Crippen LogP contribution >= 0.6 is 15.9 Å². The van der Waals surface area contributed by atoms with E-state index in [-0.39, 0.29) is 5.69 Å². The van der Waals surface area contributed by atoms with E-state index >= 15 is 0 Å². The molecular weight excluding hydrogens is 345 g/mol. The van der Waals surface area contributed by atoms with Crippen LogP contribution in [-0.4, -0.2) is 33.4 Å². The maximum atomic E-state index is 11.1. The first-order valence-electron chi connectivity index (χ1n) is 4.08. The van der Waals surface area contributed by atoms with Crippen molar-refractivity contribution in [3.05, 3.63) is 16.6 Å². The van der Waals surface area contributed by atoms with E-state index in [1.165, 1.54) is 13.0 Å². The number of rotatable bonds is 2. The van der Waals surface area contributed by atoms with E-state index in [2.05, 4.69) is 21.2 Å². The average molecular weight is 354 g/mol. The van der Waals surface area contributed by atoms with Gasteiger partial charge < -0.3 is 0 Å². The van der Waals surface area contributed by atoms with Gasteiger partial charge in [0.2, 0.25) is 0 Å². The van der Waals surface area contributed by atoms with Crippen LogP contribution in [0.25, 0.3) is 0 Å². The number of amides is 1. The minimum atomic E-state index is -5.20. The molecule has 1 amide bonds. The Morgan fingerprint density at radius 3 is 2.44 bits per heavy atom. The van der Waals surface area contributed by atoms with Crippen LogP contribution < -0.4 is 9.67 Å². The van der Waals surface area contributed by atoms with E-state index < -0.39 is 30.2 Å². The number of carbonyl (C=O) groups is 1. The van der Waals surface area contributed by atoms with Crippen molar-refractivity contribution >= 4 is 46.0 Å². The van der Waals surface area contributed by atoms with Gasteiger partial charge in [-0.25, -0.2) is 0 Å². The molecule has 0 saturated carbocycles. The number of phenols is 1. The van der Waals surface area contributed by atoms with Gasteiger partial charge in [0.05, 0.1) is 0 Å². The summed E-state index contributed by atoms with van der Waals surface area (Å²) in [5.41, 5.74) is -0.0465. The van der Waals surface area contributed by atoms with Crippen LogP contribution in [0.3, 0.4) is 0 Å². The zero-order valence-electron chi connectivity index (χ0n) is 8.14. The summed E-state index contributed by atoms with van der Waals surface area (Å²) in [5.74, 6) is -1.07. The first kappa shape index (κ1) is 13.3. The van der Waals surface area contributed by atoms with Crippen molar-refractivity contribution in [3.8, 4) is 5.75 Å². The Bertz CT molecular complexity index is 484. The molecular formula is C8H9AsBrNO5. The summed E-state index contributed by atoms with van der Waals surface area (Å²) >= 11 is -2.14. The van der Waals surface area contributed by atoms with E-state index in [1.807, 2.05) is 0 Å². The number of hydrogen-bond acceptors (Lipinski definition) is 3. The predicted molar refractivity (Wildman–Crippen MR) is 60.6 cm³/mol. The third-order valence-corrected chi connectivity index (χ3v) is 4.46. The minimum absolute atomic E-state index is 0.0465. The van der Waals surface area contributed by atoms with Crippen LogP contribution in [0.5, 0.6) is 5.75 Å². The topological polar surface area (TPSA) is 107 Å². The van der Waals surface area contributed by atoms with Crippen molar-refractivity contribution < 1.29 is 21.8 Å². The average Bonchev–Trinajstić information content (AvgIpc) is 2.09. The van der Waals surface area contributed by atoms with Crippen LogP contribution in [0.4, 0.5) is 5.69 Å². The summed E-state index contributed by atoms with van der Waals surface area (Å²) in [6.45, 7) is 1.22. The van der Waals surface area contributed by atoms with Gasteiger partial charge in [0, 0.05) is 0 Å². The van der Waals surface area contributed by atoms with Gasteiger partial charge in [0.25, 0.3) is 0 Å². The Labute approximate surface area is 102 Å². The van der Waals surface area contributed by atoms with Gasteiger partial charge in [-0.05, 0) is 0 Å². The zero-order chi connectivity index (χ0) is 12.5. The molecule has 6 nitrogen and oxygen atoms in total. The molecule has 1 rings (SSSR count). The monoisotopic (exact) mass is 353 g/mol. The summed E-state index contributed by atoms with van der Waals surface area (Å²) in [4.78, 5) is 10.8. The zero-order valence-corrected chi connectivity index (χ0v) is 11.6. The van der Waals surface area contributed by atoms with Crippen LogP contribution in [-0.2, 0) is 8.53 Å². The van der Waals surface area contributed by atoms with Gasteiger partial charge in [0.1, 0.15) is 0 Å². The normalized spacial score (nSPS) is 11.2. The van der Waals surface area contributed by atoms with E-state index in [0.717, 1.165) is 6.07 Å². The number of benzene rings is 1. The van der Waals surface area contributed by atoms with Gasteiger partial charge >= 0.3 is 102 Å². The van der Waals surface area contributed by atoms with Crippen LogP contribution in [0.2, 0.25) is 0 Å². The molecule has 8 heteroatoms. The number of carbonyl (C=O) groups excluding carboxylic acids is 1. The number of aromatic hydroxyl groups is 1. The van der Waals surface area contributed by atoms with Crippen molar-refractivity contribution in [1.29, 1.82) is 0 Å². The molecule has 0 fully saturated rings. The Morgan fingerprint density at radius 2 is 2.00 bits per heavy atom. The fraction of sp³-hybridized carbons (Fsp3) is 0.125. The summed E-state index contributed by atoms with van der Waals surface area (Å²) < 4.78 is 28.9. The van der Waals surface area contributed by atoms with Crippen molar-refractivity contribution in [3.63, 3.8) is 0 Å². The maximum absolute atomic E-state index is 11.1. The van der Waals surface area contributed by atoms with Crippen LogP contribution in [0, 0.1) is 0 Å².